The largest absolute Gasteiger partial charge is 0.341 e. The molecule has 0 spiro atoms. The molecule has 6 nitrogen and oxygen atoms in total. The molecule has 2 aliphatic rings. The van der Waals surface area contributed by atoms with Gasteiger partial charge < -0.3 is 15.1 Å². The second-order valence-corrected chi connectivity index (χ2v) is 9.50. The summed E-state index contributed by atoms with van der Waals surface area (Å²) < 4.78 is 13.2. The van der Waals surface area contributed by atoms with Gasteiger partial charge in [0, 0.05) is 44.5 Å². The number of nitrogens with one attached hydrogen (secondary N) is 1. The summed E-state index contributed by atoms with van der Waals surface area (Å²) in [6.45, 7) is 3.45. The predicted octanol–water partition coefficient (Wildman–Crippen LogP) is 3.07. The molecule has 176 valence electrons. The first-order valence-corrected chi connectivity index (χ1v) is 11.7. The van der Waals surface area contributed by atoms with Gasteiger partial charge in [0.1, 0.15) is 5.82 Å². The standard InChI is InChI=1S/C26H33FN4O2/c1-29(2)24-12-13-31(18-24)26(33)21-14-20(25(32)28-23-10-8-22(27)9-11-23)16-30(17-21)15-19-6-4-3-5-7-19/h3-11,20-21,24H,12-18H2,1-2H3,(H,28,32)/t20-,21+,24?/m1/s1. The Bertz CT molecular complexity index is 951. The van der Waals surface area contributed by atoms with Crippen LogP contribution in [0, 0.1) is 17.7 Å². The Morgan fingerprint density at radius 1 is 1.00 bits per heavy atom. The van der Waals surface area contributed by atoms with E-state index in [1.54, 1.807) is 12.1 Å². The van der Waals surface area contributed by atoms with Crippen LogP contribution in [0.15, 0.2) is 54.6 Å². The van der Waals surface area contributed by atoms with Gasteiger partial charge in [-0.1, -0.05) is 30.3 Å². The van der Waals surface area contributed by atoms with Crippen LogP contribution in [0.25, 0.3) is 0 Å². The zero-order chi connectivity index (χ0) is 23.4. The van der Waals surface area contributed by atoms with E-state index in [0.717, 1.165) is 25.1 Å². The van der Waals surface area contributed by atoms with Crippen LogP contribution >= 0.6 is 0 Å². The minimum atomic E-state index is -0.341. The van der Waals surface area contributed by atoms with Gasteiger partial charge in [-0.15, -0.1) is 0 Å². The summed E-state index contributed by atoms with van der Waals surface area (Å²) in [5.74, 6) is -0.838. The van der Waals surface area contributed by atoms with E-state index in [0.29, 0.717) is 37.8 Å². The Balaban J connectivity index is 1.47. The number of halogens is 1. The smallest absolute Gasteiger partial charge is 0.228 e. The monoisotopic (exact) mass is 452 g/mol. The van der Waals surface area contributed by atoms with Crippen molar-refractivity contribution >= 4 is 17.5 Å². The summed E-state index contributed by atoms with van der Waals surface area (Å²) in [6, 6.07) is 16.3. The first-order chi connectivity index (χ1) is 15.9. The molecular weight excluding hydrogens is 419 g/mol. The second-order valence-electron chi connectivity index (χ2n) is 9.50. The quantitative estimate of drug-likeness (QED) is 0.732. The molecule has 2 aliphatic heterocycles. The molecule has 2 heterocycles. The fraction of sp³-hybridized carbons (Fsp3) is 0.462. The average molecular weight is 453 g/mol. The van der Waals surface area contributed by atoms with E-state index < -0.39 is 0 Å². The van der Waals surface area contributed by atoms with Crippen molar-refractivity contribution in [2.75, 3.05) is 45.6 Å². The summed E-state index contributed by atoms with van der Waals surface area (Å²) in [7, 11) is 4.10. The van der Waals surface area contributed by atoms with Crippen LogP contribution in [0.2, 0.25) is 0 Å². The maximum absolute atomic E-state index is 13.4. The highest BCUT2D eigenvalue weighted by Crippen LogP contribution is 2.28. The van der Waals surface area contributed by atoms with Crippen LogP contribution in [0.4, 0.5) is 10.1 Å². The van der Waals surface area contributed by atoms with Gasteiger partial charge in [0.15, 0.2) is 0 Å². The van der Waals surface area contributed by atoms with Crippen LogP contribution in [0.1, 0.15) is 18.4 Å². The number of carbonyl (C=O) groups excluding carboxylic acids is 2. The van der Waals surface area contributed by atoms with E-state index in [4.69, 9.17) is 0 Å². The van der Waals surface area contributed by atoms with Gasteiger partial charge in [-0.25, -0.2) is 4.39 Å². The molecule has 4 rings (SSSR count). The van der Waals surface area contributed by atoms with Crippen molar-refractivity contribution in [3.63, 3.8) is 0 Å². The highest BCUT2D eigenvalue weighted by molar-refractivity contribution is 5.93. The zero-order valence-electron chi connectivity index (χ0n) is 19.4. The summed E-state index contributed by atoms with van der Waals surface area (Å²) in [4.78, 5) is 32.9. The van der Waals surface area contributed by atoms with E-state index in [1.807, 2.05) is 23.1 Å². The van der Waals surface area contributed by atoms with Crippen molar-refractivity contribution in [1.82, 2.24) is 14.7 Å². The van der Waals surface area contributed by atoms with Gasteiger partial charge in [0.25, 0.3) is 0 Å². The number of likely N-dealkylation sites (N-methyl/N-ethyl adjacent to an activating group) is 1. The molecule has 0 radical (unpaired) electrons. The van der Waals surface area contributed by atoms with E-state index in [9.17, 15) is 14.0 Å². The van der Waals surface area contributed by atoms with Crippen LogP contribution in [0.3, 0.4) is 0 Å². The van der Waals surface area contributed by atoms with E-state index in [2.05, 4.69) is 41.3 Å². The summed E-state index contributed by atoms with van der Waals surface area (Å²) in [6.07, 6.45) is 1.51. The SMILES string of the molecule is CN(C)C1CCN(C(=O)[C@H]2C[C@@H](C(=O)Nc3ccc(F)cc3)CN(Cc3ccccc3)C2)C1. The number of likely N-dealkylation sites (tertiary alicyclic amines) is 2. The van der Waals surface area contributed by atoms with Crippen molar-refractivity contribution in [3.05, 3.63) is 66.0 Å². The molecule has 0 aliphatic carbocycles. The lowest BCUT2D eigenvalue weighted by atomic mass is 9.87. The Hall–Kier alpha value is -2.77. The van der Waals surface area contributed by atoms with E-state index >= 15 is 0 Å². The molecule has 3 atom stereocenters. The van der Waals surface area contributed by atoms with Crippen LogP contribution in [0.5, 0.6) is 0 Å². The second kappa shape index (κ2) is 10.4. The molecule has 2 aromatic rings. The maximum atomic E-state index is 13.4. The fourth-order valence-electron chi connectivity index (χ4n) is 4.93. The Kier molecular flexibility index (Phi) is 7.40. The molecule has 0 saturated carbocycles. The van der Waals surface area contributed by atoms with E-state index in [-0.39, 0.29) is 29.5 Å². The molecule has 2 amide bonds. The number of benzene rings is 2. The molecular formula is C26H33FN4O2. The number of hydrogen-bond donors (Lipinski definition) is 1. The highest BCUT2D eigenvalue weighted by atomic mass is 19.1. The third-order valence-electron chi connectivity index (χ3n) is 6.81. The van der Waals surface area contributed by atoms with Crippen LogP contribution in [-0.2, 0) is 16.1 Å². The summed E-state index contributed by atoms with van der Waals surface area (Å²) in [5, 5.41) is 2.91. The first-order valence-electron chi connectivity index (χ1n) is 11.7. The average Bonchev–Trinajstić information content (AvgIpc) is 3.31. The minimum absolute atomic E-state index is 0.121. The Labute approximate surface area is 195 Å². The highest BCUT2D eigenvalue weighted by Gasteiger charge is 2.38. The molecule has 0 bridgehead atoms. The van der Waals surface area contributed by atoms with Crippen molar-refractivity contribution in [2.45, 2.75) is 25.4 Å². The number of carbonyl (C=O) groups is 2. The molecule has 33 heavy (non-hydrogen) atoms. The van der Waals surface area contributed by atoms with Crippen molar-refractivity contribution in [1.29, 1.82) is 0 Å². The van der Waals surface area contributed by atoms with Crippen LogP contribution in [-0.4, -0.2) is 72.8 Å². The lowest BCUT2D eigenvalue weighted by Crippen LogP contribution is -2.49. The van der Waals surface area contributed by atoms with Crippen molar-refractivity contribution in [3.8, 4) is 0 Å². The van der Waals surface area contributed by atoms with Gasteiger partial charge in [-0.3, -0.25) is 14.5 Å². The third kappa shape index (κ3) is 5.97. The van der Waals surface area contributed by atoms with Crippen LogP contribution < -0.4 is 5.32 Å². The molecule has 1 unspecified atom stereocenters. The molecule has 2 fully saturated rings. The minimum Gasteiger partial charge on any atom is -0.341 e. The molecule has 2 saturated heterocycles. The first kappa shape index (κ1) is 23.4. The van der Waals surface area contributed by atoms with E-state index in [1.165, 1.54) is 12.1 Å². The molecule has 7 heteroatoms. The number of hydrogen-bond acceptors (Lipinski definition) is 4. The number of anilines is 1. The number of amides is 2. The van der Waals surface area contributed by atoms with Gasteiger partial charge in [0.05, 0.1) is 11.8 Å². The number of nitrogens with zero attached hydrogens (tertiary/aromatic N) is 3. The lowest BCUT2D eigenvalue weighted by molar-refractivity contribution is -0.138. The summed E-state index contributed by atoms with van der Waals surface area (Å²) in [5.41, 5.74) is 1.73. The van der Waals surface area contributed by atoms with Gasteiger partial charge in [0.2, 0.25) is 11.8 Å². The van der Waals surface area contributed by atoms with Crippen molar-refractivity contribution in [2.24, 2.45) is 11.8 Å². The fourth-order valence-corrected chi connectivity index (χ4v) is 4.93. The molecule has 1 N–H and O–H groups in total. The van der Waals surface area contributed by atoms with Gasteiger partial charge in [-0.2, -0.15) is 0 Å². The topological polar surface area (TPSA) is 55.9 Å². The molecule has 0 aromatic heterocycles. The Morgan fingerprint density at radius 3 is 2.36 bits per heavy atom. The summed E-state index contributed by atoms with van der Waals surface area (Å²) >= 11 is 0. The third-order valence-corrected chi connectivity index (χ3v) is 6.81. The lowest BCUT2D eigenvalue weighted by Gasteiger charge is -2.38. The Morgan fingerprint density at radius 2 is 1.70 bits per heavy atom. The van der Waals surface area contributed by atoms with Gasteiger partial charge in [-0.05, 0) is 56.8 Å². The number of rotatable bonds is 6. The molecule has 2 aromatic carbocycles. The number of piperidine rings is 1. The van der Waals surface area contributed by atoms with Gasteiger partial charge >= 0.3 is 0 Å². The van der Waals surface area contributed by atoms with Crippen molar-refractivity contribution < 1.29 is 14.0 Å². The maximum Gasteiger partial charge on any atom is 0.228 e. The predicted molar refractivity (Wildman–Crippen MR) is 127 cm³/mol. The normalized spacial score (nSPS) is 23.6. The zero-order valence-corrected chi connectivity index (χ0v) is 19.4.